The van der Waals surface area contributed by atoms with Gasteiger partial charge in [0.1, 0.15) is 6.26 Å². The second kappa shape index (κ2) is 4.17. The molecule has 2 aliphatic rings. The molecule has 6 heteroatoms. The molecule has 20 heavy (non-hydrogen) atoms. The molecule has 3 rings (SSSR count). The fourth-order valence-corrected chi connectivity index (χ4v) is 2.03. The number of benzene rings is 1. The number of para-hydroxylation sites is 1. The van der Waals surface area contributed by atoms with Crippen molar-refractivity contribution in [2.75, 3.05) is 0 Å². The van der Waals surface area contributed by atoms with Crippen molar-refractivity contribution in [1.29, 1.82) is 0 Å². The predicted octanol–water partition coefficient (Wildman–Crippen LogP) is 2.64. The third kappa shape index (κ3) is 1.96. The molecule has 1 N–H and O–H groups in total. The molecule has 0 amide bonds. The number of fused-ring (bicyclic) bond motifs is 1. The Labute approximate surface area is 118 Å². The Bertz CT molecular complexity index is 563. The van der Waals surface area contributed by atoms with Crippen LogP contribution in [-0.4, -0.2) is 23.4 Å². The van der Waals surface area contributed by atoms with E-state index in [0.29, 0.717) is 11.4 Å². The third-order valence-electron chi connectivity index (χ3n) is 3.97. The number of ether oxygens (including phenoxy) is 2. The number of hydrogen-bond acceptors (Lipinski definition) is 5. The van der Waals surface area contributed by atoms with Gasteiger partial charge in [-0.3, -0.25) is 0 Å². The van der Waals surface area contributed by atoms with Crippen molar-refractivity contribution in [2.45, 2.75) is 38.9 Å². The lowest BCUT2D eigenvalue weighted by Gasteiger charge is -2.32. The van der Waals surface area contributed by atoms with Gasteiger partial charge in [-0.05, 0) is 39.8 Å². The van der Waals surface area contributed by atoms with E-state index in [1.165, 1.54) is 12.3 Å². The fraction of sp³-hybridized carbons (Fsp3) is 0.429. The summed E-state index contributed by atoms with van der Waals surface area (Å²) in [5.41, 5.74) is -0.528. The van der Waals surface area contributed by atoms with E-state index in [4.69, 9.17) is 18.8 Å². The number of aromatic hydroxyl groups is 1. The van der Waals surface area contributed by atoms with Gasteiger partial charge in [0.05, 0.1) is 11.2 Å². The van der Waals surface area contributed by atoms with Gasteiger partial charge in [0, 0.05) is 0 Å². The van der Waals surface area contributed by atoms with Crippen LogP contribution in [0.1, 0.15) is 27.7 Å². The molecule has 5 nitrogen and oxygen atoms in total. The van der Waals surface area contributed by atoms with Crippen LogP contribution < -0.4 is 9.47 Å². The minimum atomic E-state index is -0.659. The Morgan fingerprint density at radius 1 is 1.05 bits per heavy atom. The van der Waals surface area contributed by atoms with Crippen molar-refractivity contribution in [3.05, 3.63) is 30.1 Å². The van der Waals surface area contributed by atoms with Gasteiger partial charge in [-0.2, -0.15) is 0 Å². The summed E-state index contributed by atoms with van der Waals surface area (Å²) in [5, 5.41) is 9.81. The molecule has 106 valence electrons. The number of rotatable bonds is 1. The highest BCUT2D eigenvalue weighted by Crippen LogP contribution is 2.43. The standard InChI is InChI=1S/C14H17BO5/c1-13(2)14(3,4)20-15(19-13)11-8-17-10-7-5-6-9(16)12(10)18-11/h5-8,16H,1-4H3. The first-order valence-electron chi connectivity index (χ1n) is 6.52. The SMILES string of the molecule is CC1(C)OB(C2=COc3cccc(O)c3O2)OC1(C)C. The Morgan fingerprint density at radius 2 is 1.70 bits per heavy atom. The molecule has 2 heterocycles. The van der Waals surface area contributed by atoms with Crippen LogP contribution in [0.4, 0.5) is 0 Å². The van der Waals surface area contributed by atoms with Crippen molar-refractivity contribution < 1.29 is 23.9 Å². The molecule has 0 aromatic heterocycles. The van der Waals surface area contributed by atoms with Gasteiger partial charge < -0.3 is 23.9 Å². The van der Waals surface area contributed by atoms with Crippen LogP contribution in [0.3, 0.4) is 0 Å². The molecule has 0 radical (unpaired) electrons. The summed E-state index contributed by atoms with van der Waals surface area (Å²) in [6.45, 7) is 7.84. The number of phenols is 1. The van der Waals surface area contributed by atoms with E-state index >= 15 is 0 Å². The Hall–Kier alpha value is -1.66. The van der Waals surface area contributed by atoms with E-state index in [1.807, 2.05) is 27.7 Å². The molecule has 1 fully saturated rings. The Morgan fingerprint density at radius 3 is 2.35 bits per heavy atom. The van der Waals surface area contributed by atoms with Crippen LogP contribution >= 0.6 is 0 Å². The minimum Gasteiger partial charge on any atom is -0.504 e. The highest BCUT2D eigenvalue weighted by atomic mass is 16.7. The monoisotopic (exact) mass is 276 g/mol. The average molecular weight is 276 g/mol. The second-order valence-electron chi connectivity index (χ2n) is 5.93. The van der Waals surface area contributed by atoms with Crippen molar-refractivity contribution in [3.63, 3.8) is 0 Å². The number of hydrogen-bond donors (Lipinski definition) is 1. The van der Waals surface area contributed by atoms with Crippen molar-refractivity contribution >= 4 is 7.12 Å². The van der Waals surface area contributed by atoms with E-state index in [-0.39, 0.29) is 11.5 Å². The predicted molar refractivity (Wildman–Crippen MR) is 73.5 cm³/mol. The van der Waals surface area contributed by atoms with Gasteiger partial charge in [-0.1, -0.05) is 6.07 Å². The quantitative estimate of drug-likeness (QED) is 0.799. The smallest absolute Gasteiger partial charge is 0.504 e. The molecule has 1 aromatic carbocycles. The van der Waals surface area contributed by atoms with Crippen LogP contribution in [0, 0.1) is 0 Å². The van der Waals surface area contributed by atoms with E-state index in [0.717, 1.165) is 0 Å². The minimum absolute atomic E-state index is 0.0182. The molecule has 0 unspecified atom stereocenters. The zero-order valence-electron chi connectivity index (χ0n) is 12.0. The molecular weight excluding hydrogens is 259 g/mol. The lowest BCUT2D eigenvalue weighted by atomic mass is 9.87. The van der Waals surface area contributed by atoms with Gasteiger partial charge in [0.15, 0.2) is 17.2 Å². The van der Waals surface area contributed by atoms with Crippen molar-refractivity contribution in [3.8, 4) is 17.2 Å². The van der Waals surface area contributed by atoms with Gasteiger partial charge in [0.2, 0.25) is 5.75 Å². The second-order valence-corrected chi connectivity index (χ2v) is 5.93. The van der Waals surface area contributed by atoms with Crippen LogP contribution in [0.15, 0.2) is 30.1 Å². The molecule has 1 saturated heterocycles. The van der Waals surface area contributed by atoms with Gasteiger partial charge in [0.25, 0.3) is 0 Å². The maximum Gasteiger partial charge on any atom is 0.536 e. The zero-order valence-corrected chi connectivity index (χ0v) is 12.0. The molecule has 0 bridgehead atoms. The maximum atomic E-state index is 9.81. The lowest BCUT2D eigenvalue weighted by molar-refractivity contribution is 0.00578. The molecule has 0 aliphatic carbocycles. The largest absolute Gasteiger partial charge is 0.536 e. The number of phenolic OH excluding ortho intramolecular Hbond substituents is 1. The summed E-state index contributed by atoms with van der Waals surface area (Å²) in [6.07, 6.45) is 1.45. The maximum absolute atomic E-state index is 9.81. The average Bonchev–Trinajstić information content (AvgIpc) is 2.59. The van der Waals surface area contributed by atoms with Crippen LogP contribution in [0.5, 0.6) is 17.2 Å². The molecular formula is C14H17BO5. The van der Waals surface area contributed by atoms with Gasteiger partial charge >= 0.3 is 7.12 Å². The lowest BCUT2D eigenvalue weighted by Crippen LogP contribution is -2.41. The summed E-state index contributed by atoms with van der Waals surface area (Å²) in [7, 11) is -0.659. The highest BCUT2D eigenvalue weighted by Gasteiger charge is 2.54. The first-order chi connectivity index (χ1) is 9.30. The third-order valence-corrected chi connectivity index (χ3v) is 3.97. The molecule has 1 aromatic rings. The molecule has 0 saturated carbocycles. The van der Waals surface area contributed by atoms with Crippen molar-refractivity contribution in [2.24, 2.45) is 0 Å². The summed E-state index contributed by atoms with van der Waals surface area (Å²) in [4.78, 5) is 0. The Kier molecular flexibility index (Phi) is 2.78. The summed E-state index contributed by atoms with van der Waals surface area (Å²) in [5.74, 6) is 0.759. The summed E-state index contributed by atoms with van der Waals surface area (Å²) < 4.78 is 22.9. The van der Waals surface area contributed by atoms with Crippen LogP contribution in [-0.2, 0) is 9.31 Å². The zero-order chi connectivity index (χ0) is 14.5. The van der Waals surface area contributed by atoms with E-state index in [2.05, 4.69) is 0 Å². The van der Waals surface area contributed by atoms with Gasteiger partial charge in [-0.25, -0.2) is 0 Å². The fourth-order valence-electron chi connectivity index (χ4n) is 2.03. The Balaban J connectivity index is 1.85. The van der Waals surface area contributed by atoms with E-state index in [9.17, 15) is 5.11 Å². The highest BCUT2D eigenvalue weighted by molar-refractivity contribution is 6.53. The van der Waals surface area contributed by atoms with Crippen LogP contribution in [0.2, 0.25) is 0 Å². The van der Waals surface area contributed by atoms with E-state index < -0.39 is 18.3 Å². The van der Waals surface area contributed by atoms with E-state index in [1.54, 1.807) is 12.1 Å². The molecule has 0 atom stereocenters. The first-order valence-corrected chi connectivity index (χ1v) is 6.52. The van der Waals surface area contributed by atoms with Crippen LogP contribution in [0.25, 0.3) is 0 Å². The first kappa shape index (κ1) is 13.3. The summed E-state index contributed by atoms with van der Waals surface area (Å²) in [6, 6.07) is 4.94. The normalized spacial score (nSPS) is 22.6. The van der Waals surface area contributed by atoms with Gasteiger partial charge in [-0.15, -0.1) is 0 Å². The topological polar surface area (TPSA) is 57.2 Å². The molecule has 0 spiro atoms. The van der Waals surface area contributed by atoms with Crippen molar-refractivity contribution in [1.82, 2.24) is 0 Å². The molecule has 2 aliphatic heterocycles. The summed E-state index contributed by atoms with van der Waals surface area (Å²) >= 11 is 0.